The lowest BCUT2D eigenvalue weighted by Crippen LogP contribution is -2.30. The Morgan fingerprint density at radius 2 is 2.36 bits per heavy atom. The topological polar surface area (TPSA) is 45.1 Å². The van der Waals surface area contributed by atoms with Crippen LogP contribution in [0.1, 0.15) is 12.6 Å². The van der Waals surface area contributed by atoms with E-state index in [4.69, 9.17) is 5.11 Å². The molecule has 1 aromatic heterocycles. The highest BCUT2D eigenvalue weighted by Crippen LogP contribution is 2.18. The highest BCUT2D eigenvalue weighted by molar-refractivity contribution is 7.13. The molecule has 0 aliphatic carbocycles. The molecule has 0 radical (unpaired) electrons. The highest BCUT2D eigenvalue weighted by atomic mass is 32.1. The number of hydrogen-bond donors (Lipinski definition) is 2. The van der Waals surface area contributed by atoms with Gasteiger partial charge in [0.25, 0.3) is 5.92 Å². The first kappa shape index (κ1) is 11.3. The van der Waals surface area contributed by atoms with Gasteiger partial charge in [0.2, 0.25) is 0 Å². The largest absolute Gasteiger partial charge is 0.390 e. The Hall–Kier alpha value is -0.750. The van der Waals surface area contributed by atoms with Crippen LogP contribution in [-0.4, -0.2) is 29.2 Å². The average Bonchev–Trinajstić information content (AvgIpc) is 2.63. The van der Waals surface area contributed by atoms with Gasteiger partial charge in [-0.15, -0.1) is 11.3 Å². The summed E-state index contributed by atoms with van der Waals surface area (Å²) in [5, 5.41) is 13.1. The van der Waals surface area contributed by atoms with Gasteiger partial charge < -0.3 is 10.4 Å². The molecule has 0 atom stereocenters. The molecule has 0 unspecified atom stereocenters. The monoisotopic (exact) mass is 222 g/mol. The normalized spacial score (nSPS) is 11.7. The van der Waals surface area contributed by atoms with Gasteiger partial charge in [-0.1, -0.05) is 6.92 Å². The number of aliphatic hydroxyl groups is 1. The molecule has 0 aliphatic heterocycles. The quantitative estimate of drug-likeness (QED) is 0.797. The average molecular weight is 222 g/mol. The van der Waals surface area contributed by atoms with E-state index < -0.39 is 19.1 Å². The second-order valence-corrected chi connectivity index (χ2v) is 3.72. The first-order chi connectivity index (χ1) is 6.57. The molecule has 2 N–H and O–H groups in total. The number of thiazole rings is 1. The first-order valence-corrected chi connectivity index (χ1v) is 5.12. The lowest BCUT2D eigenvalue weighted by molar-refractivity contribution is -0.0372. The number of anilines is 1. The molecule has 1 rings (SSSR count). The molecular formula is C8H12F2N2OS. The third kappa shape index (κ3) is 3.19. The standard InChI is InChI=1S/C8H12F2N2OS/c1-2-6-3-14-7(12-6)11-4-8(9,10)5-13/h3,13H,2,4-5H2,1H3,(H,11,12). The number of aliphatic hydroxyl groups excluding tert-OH is 1. The molecule has 80 valence electrons. The molecule has 1 aromatic rings. The minimum atomic E-state index is -3.09. The minimum Gasteiger partial charge on any atom is -0.390 e. The molecule has 3 nitrogen and oxygen atoms in total. The van der Waals surface area contributed by atoms with Crippen LogP contribution >= 0.6 is 11.3 Å². The lowest BCUT2D eigenvalue weighted by atomic mass is 10.3. The van der Waals surface area contributed by atoms with E-state index in [1.807, 2.05) is 12.3 Å². The van der Waals surface area contributed by atoms with Crippen molar-refractivity contribution in [3.05, 3.63) is 11.1 Å². The fraction of sp³-hybridized carbons (Fsp3) is 0.625. The van der Waals surface area contributed by atoms with Crippen LogP contribution in [0.4, 0.5) is 13.9 Å². The second kappa shape index (κ2) is 4.65. The van der Waals surface area contributed by atoms with Crippen molar-refractivity contribution in [1.29, 1.82) is 0 Å². The predicted octanol–water partition coefficient (Wildman–Crippen LogP) is 1.74. The molecule has 0 fully saturated rings. The number of hydrogen-bond acceptors (Lipinski definition) is 4. The summed E-state index contributed by atoms with van der Waals surface area (Å²) < 4.78 is 25.2. The Kier molecular flexibility index (Phi) is 3.77. The van der Waals surface area contributed by atoms with Crippen molar-refractivity contribution >= 4 is 16.5 Å². The number of nitrogens with one attached hydrogen (secondary N) is 1. The molecular weight excluding hydrogens is 210 g/mol. The van der Waals surface area contributed by atoms with Gasteiger partial charge in [0.1, 0.15) is 6.61 Å². The summed E-state index contributed by atoms with van der Waals surface area (Å²) in [6.07, 6.45) is 0.786. The van der Waals surface area contributed by atoms with Crippen LogP contribution in [0.5, 0.6) is 0 Å². The van der Waals surface area contributed by atoms with E-state index in [9.17, 15) is 8.78 Å². The van der Waals surface area contributed by atoms with E-state index in [2.05, 4.69) is 10.3 Å². The number of aryl methyl sites for hydroxylation is 1. The molecule has 6 heteroatoms. The molecule has 0 aromatic carbocycles. The van der Waals surface area contributed by atoms with Crippen LogP contribution in [0.2, 0.25) is 0 Å². The van der Waals surface area contributed by atoms with Crippen LogP contribution in [0.25, 0.3) is 0 Å². The fourth-order valence-electron chi connectivity index (χ4n) is 0.811. The zero-order chi connectivity index (χ0) is 10.6. The van der Waals surface area contributed by atoms with Gasteiger partial charge >= 0.3 is 0 Å². The van der Waals surface area contributed by atoms with Gasteiger partial charge in [0, 0.05) is 5.38 Å². The molecule has 0 saturated carbocycles. The van der Waals surface area contributed by atoms with Crippen molar-refractivity contribution in [1.82, 2.24) is 4.98 Å². The SMILES string of the molecule is CCc1csc(NCC(F)(F)CO)n1. The summed E-state index contributed by atoms with van der Waals surface area (Å²) >= 11 is 1.29. The van der Waals surface area contributed by atoms with E-state index in [0.29, 0.717) is 5.13 Å². The zero-order valence-corrected chi connectivity index (χ0v) is 8.57. The maximum Gasteiger partial charge on any atom is 0.287 e. The van der Waals surface area contributed by atoms with Crippen molar-refractivity contribution in [2.24, 2.45) is 0 Å². The second-order valence-electron chi connectivity index (χ2n) is 2.87. The van der Waals surface area contributed by atoms with Crippen LogP contribution in [0.15, 0.2) is 5.38 Å². The zero-order valence-electron chi connectivity index (χ0n) is 7.76. The van der Waals surface area contributed by atoms with Crippen molar-refractivity contribution in [2.75, 3.05) is 18.5 Å². The number of rotatable bonds is 5. The highest BCUT2D eigenvalue weighted by Gasteiger charge is 2.27. The predicted molar refractivity (Wildman–Crippen MR) is 52.0 cm³/mol. The summed E-state index contributed by atoms with van der Waals surface area (Å²) in [7, 11) is 0. The Balaban J connectivity index is 2.45. The Labute approximate surface area is 84.8 Å². The Bertz CT molecular complexity index is 291. The van der Waals surface area contributed by atoms with E-state index in [1.165, 1.54) is 11.3 Å². The van der Waals surface area contributed by atoms with Gasteiger partial charge in [-0.3, -0.25) is 0 Å². The van der Waals surface area contributed by atoms with Crippen LogP contribution in [0.3, 0.4) is 0 Å². The van der Waals surface area contributed by atoms with Gasteiger partial charge in [0.05, 0.1) is 12.2 Å². The summed E-state index contributed by atoms with van der Waals surface area (Å²) in [6.45, 7) is 0.216. The minimum absolute atomic E-state index is 0.468. The Morgan fingerprint density at radius 3 is 2.86 bits per heavy atom. The number of aromatic nitrogens is 1. The molecule has 0 saturated heterocycles. The molecule has 0 aliphatic rings. The molecule has 1 heterocycles. The summed E-state index contributed by atoms with van der Waals surface area (Å²) in [5.74, 6) is -3.09. The van der Waals surface area contributed by atoms with Crippen LogP contribution in [0, 0.1) is 0 Å². The smallest absolute Gasteiger partial charge is 0.287 e. The summed E-state index contributed by atoms with van der Waals surface area (Å²) in [6, 6.07) is 0. The van der Waals surface area contributed by atoms with Crippen molar-refractivity contribution in [3.63, 3.8) is 0 Å². The van der Waals surface area contributed by atoms with E-state index in [1.54, 1.807) is 0 Å². The fourth-order valence-corrected chi connectivity index (χ4v) is 1.60. The van der Waals surface area contributed by atoms with Gasteiger partial charge in [-0.2, -0.15) is 0 Å². The Morgan fingerprint density at radius 1 is 1.64 bits per heavy atom. The van der Waals surface area contributed by atoms with Gasteiger partial charge in [0.15, 0.2) is 5.13 Å². The number of nitrogens with zero attached hydrogens (tertiary/aromatic N) is 1. The van der Waals surface area contributed by atoms with Crippen molar-refractivity contribution < 1.29 is 13.9 Å². The van der Waals surface area contributed by atoms with Crippen LogP contribution < -0.4 is 5.32 Å². The van der Waals surface area contributed by atoms with Crippen molar-refractivity contribution in [2.45, 2.75) is 19.3 Å². The van der Waals surface area contributed by atoms with Gasteiger partial charge in [-0.25, -0.2) is 13.8 Å². The molecule has 0 amide bonds. The van der Waals surface area contributed by atoms with E-state index in [0.717, 1.165) is 12.1 Å². The molecule has 14 heavy (non-hydrogen) atoms. The van der Waals surface area contributed by atoms with E-state index in [-0.39, 0.29) is 0 Å². The third-order valence-electron chi connectivity index (χ3n) is 1.64. The maximum atomic E-state index is 12.6. The number of halogens is 2. The first-order valence-electron chi connectivity index (χ1n) is 4.24. The molecule has 0 spiro atoms. The van der Waals surface area contributed by atoms with Gasteiger partial charge in [-0.05, 0) is 6.42 Å². The molecule has 0 bridgehead atoms. The third-order valence-corrected chi connectivity index (χ3v) is 2.49. The maximum absolute atomic E-state index is 12.6. The van der Waals surface area contributed by atoms with Crippen molar-refractivity contribution in [3.8, 4) is 0 Å². The summed E-state index contributed by atoms with van der Waals surface area (Å²) in [4.78, 5) is 4.06. The lowest BCUT2D eigenvalue weighted by Gasteiger charge is -2.12. The van der Waals surface area contributed by atoms with Crippen LogP contribution in [-0.2, 0) is 6.42 Å². The summed E-state index contributed by atoms with van der Waals surface area (Å²) in [5.41, 5.74) is 0.879. The van der Waals surface area contributed by atoms with E-state index >= 15 is 0 Å². The number of alkyl halides is 2.